The van der Waals surface area contributed by atoms with Gasteiger partial charge in [-0.15, -0.1) is 13.2 Å². The van der Waals surface area contributed by atoms with Crippen molar-refractivity contribution in [3.05, 3.63) is 48.8 Å². The van der Waals surface area contributed by atoms with Crippen LogP contribution in [-0.4, -0.2) is 31.1 Å². The first-order valence-corrected chi connectivity index (χ1v) is 7.58. The molecule has 4 rings (SSSR count). The third-order valence-electron chi connectivity index (χ3n) is 3.70. The third kappa shape index (κ3) is 3.44. The van der Waals surface area contributed by atoms with Crippen LogP contribution in [0.25, 0.3) is 17.1 Å². The van der Waals surface area contributed by atoms with Crippen LogP contribution in [0.15, 0.2) is 43.0 Å². The largest absolute Gasteiger partial charge is 0.573 e. The fraction of sp³-hybridized carbons (Fsp3) is 0.250. The van der Waals surface area contributed by atoms with Crippen molar-refractivity contribution in [2.75, 3.05) is 0 Å². The molecule has 0 amide bonds. The molecule has 0 atom stereocenters. The maximum Gasteiger partial charge on any atom is 0.573 e. The van der Waals surface area contributed by atoms with E-state index in [2.05, 4.69) is 24.8 Å². The molecule has 0 saturated heterocycles. The molecule has 1 saturated carbocycles. The number of rotatable bonds is 4. The quantitative estimate of drug-likeness (QED) is 0.723. The summed E-state index contributed by atoms with van der Waals surface area (Å²) in [6.45, 7) is 0. The molecule has 1 aliphatic rings. The van der Waals surface area contributed by atoms with Crippen molar-refractivity contribution in [1.29, 1.82) is 0 Å². The average Bonchev–Trinajstić information content (AvgIpc) is 3.34. The van der Waals surface area contributed by atoms with E-state index >= 15 is 0 Å². The highest BCUT2D eigenvalue weighted by molar-refractivity contribution is 5.56. The molecule has 0 N–H and O–H groups in total. The summed E-state index contributed by atoms with van der Waals surface area (Å²) in [6.07, 6.45) is 1.99. The second-order valence-electron chi connectivity index (χ2n) is 5.65. The lowest BCUT2D eigenvalue weighted by atomic mass is 10.2. The van der Waals surface area contributed by atoms with Crippen molar-refractivity contribution in [2.45, 2.75) is 25.1 Å². The predicted octanol–water partition coefficient (Wildman–Crippen LogP) is 3.50. The van der Waals surface area contributed by atoms with Gasteiger partial charge in [-0.3, -0.25) is 0 Å². The Balaban J connectivity index is 1.72. The van der Waals surface area contributed by atoms with E-state index in [1.54, 1.807) is 17.1 Å². The van der Waals surface area contributed by atoms with Crippen LogP contribution in [0.1, 0.15) is 24.6 Å². The third-order valence-corrected chi connectivity index (χ3v) is 3.70. The highest BCUT2D eigenvalue weighted by atomic mass is 19.4. The number of hydrogen-bond donors (Lipinski definition) is 0. The minimum atomic E-state index is -4.72. The van der Waals surface area contributed by atoms with Crippen LogP contribution in [0.3, 0.4) is 0 Å². The lowest BCUT2D eigenvalue weighted by molar-refractivity contribution is -0.274. The van der Waals surface area contributed by atoms with E-state index in [9.17, 15) is 13.2 Å². The van der Waals surface area contributed by atoms with E-state index in [4.69, 9.17) is 0 Å². The van der Waals surface area contributed by atoms with Crippen molar-refractivity contribution in [2.24, 2.45) is 0 Å². The minimum absolute atomic E-state index is 0.289. The zero-order chi connectivity index (χ0) is 17.4. The second-order valence-corrected chi connectivity index (χ2v) is 5.65. The van der Waals surface area contributed by atoms with E-state index in [1.165, 1.54) is 30.6 Å². The molecular formula is C16H12F3N5O. The van der Waals surface area contributed by atoms with Crippen molar-refractivity contribution >= 4 is 0 Å². The van der Waals surface area contributed by atoms with Crippen LogP contribution in [0.2, 0.25) is 0 Å². The molecule has 1 aromatic carbocycles. The van der Waals surface area contributed by atoms with E-state index in [-0.39, 0.29) is 5.75 Å². The van der Waals surface area contributed by atoms with Gasteiger partial charge in [0.1, 0.15) is 12.1 Å². The van der Waals surface area contributed by atoms with Gasteiger partial charge in [0.05, 0.1) is 11.3 Å². The normalized spacial score (nSPS) is 14.5. The van der Waals surface area contributed by atoms with Gasteiger partial charge in [0.2, 0.25) is 0 Å². The highest BCUT2D eigenvalue weighted by Crippen LogP contribution is 2.39. The number of hydrogen-bond acceptors (Lipinski definition) is 5. The molecule has 0 aliphatic heterocycles. The summed E-state index contributed by atoms with van der Waals surface area (Å²) in [5, 5.41) is 4.51. The first kappa shape index (κ1) is 15.6. The second kappa shape index (κ2) is 5.83. The van der Waals surface area contributed by atoms with E-state index in [0.29, 0.717) is 23.0 Å². The van der Waals surface area contributed by atoms with E-state index < -0.39 is 6.36 Å². The summed E-state index contributed by atoms with van der Waals surface area (Å²) in [6, 6.07) is 5.48. The molecule has 25 heavy (non-hydrogen) atoms. The van der Waals surface area contributed by atoms with Gasteiger partial charge < -0.3 is 4.74 Å². The Morgan fingerprint density at radius 1 is 1.04 bits per heavy atom. The number of alkyl halides is 3. The van der Waals surface area contributed by atoms with Gasteiger partial charge in [0.15, 0.2) is 11.6 Å². The van der Waals surface area contributed by atoms with Crippen molar-refractivity contribution in [3.63, 3.8) is 0 Å². The van der Waals surface area contributed by atoms with Gasteiger partial charge in [0.25, 0.3) is 0 Å². The Bertz CT molecular complexity index is 873. The molecule has 2 heterocycles. The van der Waals surface area contributed by atoms with Crippen molar-refractivity contribution in [3.8, 4) is 22.8 Å². The molecule has 128 valence electrons. The maximum absolute atomic E-state index is 12.3. The van der Waals surface area contributed by atoms with Crippen LogP contribution in [0, 0.1) is 0 Å². The Labute approximate surface area is 140 Å². The SMILES string of the molecule is FC(F)(F)Oc1ccc(-n2nc(C3CC3)nc2-c2cncnc2)cc1. The van der Waals surface area contributed by atoms with Crippen LogP contribution < -0.4 is 4.74 Å². The zero-order valence-electron chi connectivity index (χ0n) is 12.8. The van der Waals surface area contributed by atoms with E-state index in [0.717, 1.165) is 18.7 Å². The zero-order valence-corrected chi connectivity index (χ0v) is 12.8. The number of aromatic nitrogens is 5. The van der Waals surface area contributed by atoms with Crippen LogP contribution >= 0.6 is 0 Å². The number of nitrogens with zero attached hydrogens (tertiary/aromatic N) is 5. The molecule has 9 heteroatoms. The molecule has 1 aliphatic carbocycles. The first-order chi connectivity index (χ1) is 12.0. The maximum atomic E-state index is 12.3. The topological polar surface area (TPSA) is 65.7 Å². The summed E-state index contributed by atoms with van der Waals surface area (Å²) in [7, 11) is 0. The minimum Gasteiger partial charge on any atom is -0.406 e. The fourth-order valence-corrected chi connectivity index (χ4v) is 2.41. The molecule has 3 aromatic rings. The monoisotopic (exact) mass is 347 g/mol. The van der Waals surface area contributed by atoms with Gasteiger partial charge >= 0.3 is 6.36 Å². The average molecular weight is 347 g/mol. The Morgan fingerprint density at radius 2 is 1.72 bits per heavy atom. The standard InChI is InChI=1S/C16H12F3N5O/c17-16(18,19)25-13-5-3-12(4-6-13)24-15(11-7-20-9-21-8-11)22-14(23-24)10-1-2-10/h3-10H,1-2H2. The number of ether oxygens (including phenoxy) is 1. The molecule has 0 radical (unpaired) electrons. The fourth-order valence-electron chi connectivity index (χ4n) is 2.41. The lowest BCUT2D eigenvalue weighted by Crippen LogP contribution is -2.17. The molecule has 0 unspecified atom stereocenters. The van der Waals surface area contributed by atoms with Gasteiger partial charge in [-0.1, -0.05) is 0 Å². The molecule has 0 spiro atoms. The number of halogens is 3. The Hall–Kier alpha value is -2.97. The summed E-state index contributed by atoms with van der Waals surface area (Å²) in [5.74, 6) is 1.31. The molecular weight excluding hydrogens is 335 g/mol. The summed E-state index contributed by atoms with van der Waals surface area (Å²) < 4.78 is 42.3. The van der Waals surface area contributed by atoms with Crippen LogP contribution in [0.4, 0.5) is 13.2 Å². The van der Waals surface area contributed by atoms with Gasteiger partial charge in [0, 0.05) is 18.3 Å². The summed E-state index contributed by atoms with van der Waals surface area (Å²) in [5.41, 5.74) is 1.25. The smallest absolute Gasteiger partial charge is 0.406 e. The van der Waals surface area contributed by atoms with Crippen LogP contribution in [0.5, 0.6) is 5.75 Å². The molecule has 0 bridgehead atoms. The lowest BCUT2D eigenvalue weighted by Gasteiger charge is -2.10. The van der Waals surface area contributed by atoms with Crippen molar-refractivity contribution < 1.29 is 17.9 Å². The van der Waals surface area contributed by atoms with Crippen molar-refractivity contribution in [1.82, 2.24) is 24.7 Å². The van der Waals surface area contributed by atoms with Crippen LogP contribution in [-0.2, 0) is 0 Å². The predicted molar refractivity (Wildman–Crippen MR) is 81.0 cm³/mol. The molecule has 1 fully saturated rings. The number of benzene rings is 1. The Morgan fingerprint density at radius 3 is 2.32 bits per heavy atom. The van der Waals surface area contributed by atoms with Gasteiger partial charge in [-0.05, 0) is 37.1 Å². The highest BCUT2D eigenvalue weighted by Gasteiger charge is 2.31. The van der Waals surface area contributed by atoms with E-state index in [1.807, 2.05) is 0 Å². The van der Waals surface area contributed by atoms with Gasteiger partial charge in [-0.25, -0.2) is 19.6 Å². The summed E-state index contributed by atoms with van der Waals surface area (Å²) in [4.78, 5) is 12.5. The molecule has 6 nitrogen and oxygen atoms in total. The first-order valence-electron chi connectivity index (χ1n) is 7.58. The molecule has 2 aromatic heterocycles. The van der Waals surface area contributed by atoms with Gasteiger partial charge in [-0.2, -0.15) is 5.10 Å². The Kier molecular flexibility index (Phi) is 3.63. The summed E-state index contributed by atoms with van der Waals surface area (Å²) >= 11 is 0.